The number of rotatable bonds is 8. The van der Waals surface area contributed by atoms with Crippen LogP contribution in [0.2, 0.25) is 0 Å². The van der Waals surface area contributed by atoms with E-state index in [0.29, 0.717) is 23.7 Å². The first-order valence-corrected chi connectivity index (χ1v) is 8.95. The molecule has 0 fully saturated rings. The smallest absolute Gasteiger partial charge is 0.341 e. The Morgan fingerprint density at radius 1 is 1.21 bits per heavy atom. The van der Waals surface area contributed by atoms with Crippen molar-refractivity contribution in [3.05, 3.63) is 16.0 Å². The average molecular weight is 354 g/mol. The maximum absolute atomic E-state index is 12.4. The van der Waals surface area contributed by atoms with Crippen molar-refractivity contribution in [3.8, 4) is 0 Å². The fraction of sp³-hybridized carbons (Fsp3) is 0.588. The molecule has 6 nitrogen and oxygen atoms in total. The van der Waals surface area contributed by atoms with Crippen molar-refractivity contribution < 1.29 is 19.1 Å². The molecule has 0 atom stereocenters. The molecular formula is C17H26N2O4S. The lowest BCUT2D eigenvalue weighted by atomic mass is 10.1. The molecule has 1 aromatic rings. The van der Waals surface area contributed by atoms with Gasteiger partial charge in [-0.15, -0.1) is 11.3 Å². The van der Waals surface area contributed by atoms with Gasteiger partial charge in [0.2, 0.25) is 5.91 Å². The molecule has 0 unspecified atom stereocenters. The van der Waals surface area contributed by atoms with E-state index in [9.17, 15) is 14.4 Å². The number of unbranched alkanes of at least 4 members (excludes halogenated alkanes) is 1. The number of thiophene rings is 1. The van der Waals surface area contributed by atoms with Crippen molar-refractivity contribution >= 4 is 34.1 Å². The van der Waals surface area contributed by atoms with Crippen molar-refractivity contribution in [2.75, 3.05) is 25.0 Å². The molecule has 0 bridgehead atoms. The SMILES string of the molecule is CCCCN(CC)C(=O)COC(=O)c1c(NC(C)=O)sc(C)c1C. The van der Waals surface area contributed by atoms with E-state index in [0.717, 1.165) is 23.3 Å². The Morgan fingerprint density at radius 2 is 1.88 bits per heavy atom. The molecule has 0 spiro atoms. The van der Waals surface area contributed by atoms with Crippen LogP contribution in [0.5, 0.6) is 0 Å². The molecule has 7 heteroatoms. The van der Waals surface area contributed by atoms with Crippen molar-refractivity contribution in [1.82, 2.24) is 4.90 Å². The summed E-state index contributed by atoms with van der Waals surface area (Å²) in [4.78, 5) is 38.4. The largest absolute Gasteiger partial charge is 0.452 e. The maximum Gasteiger partial charge on any atom is 0.341 e. The first kappa shape index (κ1) is 20.2. The second-order valence-corrected chi connectivity index (χ2v) is 6.80. The van der Waals surface area contributed by atoms with E-state index in [1.807, 2.05) is 13.8 Å². The summed E-state index contributed by atoms with van der Waals surface area (Å²) in [5.74, 6) is -1.04. The summed E-state index contributed by atoms with van der Waals surface area (Å²) < 4.78 is 5.19. The van der Waals surface area contributed by atoms with Crippen LogP contribution in [0.15, 0.2) is 0 Å². The molecule has 24 heavy (non-hydrogen) atoms. The normalized spacial score (nSPS) is 10.4. The van der Waals surface area contributed by atoms with E-state index in [1.165, 1.54) is 18.3 Å². The second-order valence-electron chi connectivity index (χ2n) is 5.57. The van der Waals surface area contributed by atoms with Crippen LogP contribution < -0.4 is 5.32 Å². The summed E-state index contributed by atoms with van der Waals surface area (Å²) >= 11 is 1.33. The fourth-order valence-corrected chi connectivity index (χ4v) is 3.31. The number of carbonyl (C=O) groups excluding carboxylic acids is 3. The predicted octanol–water partition coefficient (Wildman–Crippen LogP) is 3.13. The third kappa shape index (κ3) is 5.33. The van der Waals surface area contributed by atoms with Gasteiger partial charge in [-0.3, -0.25) is 9.59 Å². The lowest BCUT2D eigenvalue weighted by Gasteiger charge is -2.20. The van der Waals surface area contributed by atoms with Gasteiger partial charge in [0.1, 0.15) is 5.00 Å². The number of nitrogens with one attached hydrogen (secondary N) is 1. The first-order valence-electron chi connectivity index (χ1n) is 8.14. The molecule has 2 amide bonds. The van der Waals surface area contributed by atoms with E-state index < -0.39 is 5.97 Å². The summed E-state index contributed by atoms with van der Waals surface area (Å²) in [5, 5.41) is 3.11. The summed E-state index contributed by atoms with van der Waals surface area (Å²) in [6.45, 7) is 9.98. The minimum Gasteiger partial charge on any atom is -0.452 e. The fourth-order valence-electron chi connectivity index (χ4n) is 2.22. The number of aryl methyl sites for hydroxylation is 1. The van der Waals surface area contributed by atoms with Gasteiger partial charge in [-0.05, 0) is 32.8 Å². The highest BCUT2D eigenvalue weighted by atomic mass is 32.1. The van der Waals surface area contributed by atoms with E-state index in [4.69, 9.17) is 4.74 Å². The predicted molar refractivity (Wildman–Crippen MR) is 95.5 cm³/mol. The Kier molecular flexibility index (Phi) is 7.91. The lowest BCUT2D eigenvalue weighted by molar-refractivity contribution is -0.134. The Labute approximate surface area is 147 Å². The molecule has 0 aliphatic carbocycles. The third-order valence-corrected chi connectivity index (χ3v) is 4.84. The first-order chi connectivity index (χ1) is 11.3. The van der Waals surface area contributed by atoms with Crippen LogP contribution in [0.25, 0.3) is 0 Å². The highest BCUT2D eigenvalue weighted by Gasteiger charge is 2.23. The standard InChI is InChI=1S/C17H26N2O4S/c1-6-8-9-19(7-2)14(21)10-23-17(22)15-11(3)12(4)24-16(15)18-13(5)20/h6-10H2,1-5H3,(H,18,20). The van der Waals surface area contributed by atoms with Crippen molar-refractivity contribution in [1.29, 1.82) is 0 Å². The maximum atomic E-state index is 12.4. The summed E-state index contributed by atoms with van der Waals surface area (Å²) in [7, 11) is 0. The van der Waals surface area contributed by atoms with Crippen molar-refractivity contribution in [2.45, 2.75) is 47.5 Å². The van der Waals surface area contributed by atoms with E-state index in [1.54, 1.807) is 11.8 Å². The van der Waals surface area contributed by atoms with Gasteiger partial charge in [-0.2, -0.15) is 0 Å². The Morgan fingerprint density at radius 3 is 2.42 bits per heavy atom. The van der Waals surface area contributed by atoms with Crippen molar-refractivity contribution in [2.24, 2.45) is 0 Å². The van der Waals surface area contributed by atoms with Gasteiger partial charge in [0.25, 0.3) is 5.91 Å². The van der Waals surface area contributed by atoms with Crippen LogP contribution in [0.4, 0.5) is 5.00 Å². The molecule has 0 radical (unpaired) electrons. The summed E-state index contributed by atoms with van der Waals surface area (Å²) in [6, 6.07) is 0. The molecular weight excluding hydrogens is 328 g/mol. The number of hydrogen-bond donors (Lipinski definition) is 1. The average Bonchev–Trinajstić information content (AvgIpc) is 2.79. The van der Waals surface area contributed by atoms with Gasteiger partial charge in [0.05, 0.1) is 5.56 Å². The topological polar surface area (TPSA) is 75.7 Å². The van der Waals surface area contributed by atoms with Crippen LogP contribution in [-0.4, -0.2) is 42.4 Å². The minimum atomic E-state index is -0.583. The molecule has 0 aromatic carbocycles. The molecule has 134 valence electrons. The van der Waals surface area contributed by atoms with E-state index >= 15 is 0 Å². The Bertz CT molecular complexity index is 610. The van der Waals surface area contributed by atoms with Gasteiger partial charge in [-0.25, -0.2) is 4.79 Å². The highest BCUT2D eigenvalue weighted by molar-refractivity contribution is 7.16. The van der Waals surface area contributed by atoms with Gasteiger partial charge < -0.3 is 15.0 Å². The number of nitrogens with zero attached hydrogens (tertiary/aromatic N) is 1. The number of carbonyl (C=O) groups is 3. The molecule has 0 aliphatic heterocycles. The summed E-state index contributed by atoms with van der Waals surface area (Å²) in [5.41, 5.74) is 1.09. The zero-order chi connectivity index (χ0) is 18.3. The number of esters is 1. The zero-order valence-electron chi connectivity index (χ0n) is 15.0. The van der Waals surface area contributed by atoms with Gasteiger partial charge in [0.15, 0.2) is 6.61 Å². The zero-order valence-corrected chi connectivity index (χ0v) is 15.8. The number of hydrogen-bond acceptors (Lipinski definition) is 5. The second kappa shape index (κ2) is 9.42. The molecule has 1 aromatic heterocycles. The van der Waals surface area contributed by atoms with Crippen LogP contribution in [-0.2, 0) is 14.3 Å². The molecule has 0 saturated heterocycles. The Hall–Kier alpha value is -1.89. The molecule has 1 N–H and O–H groups in total. The molecule has 1 rings (SSSR count). The highest BCUT2D eigenvalue weighted by Crippen LogP contribution is 2.32. The Balaban J connectivity index is 2.78. The van der Waals surface area contributed by atoms with Crippen LogP contribution in [0.1, 0.15) is 54.4 Å². The van der Waals surface area contributed by atoms with Crippen LogP contribution >= 0.6 is 11.3 Å². The van der Waals surface area contributed by atoms with E-state index in [2.05, 4.69) is 12.2 Å². The number of ether oxygens (including phenoxy) is 1. The lowest BCUT2D eigenvalue weighted by Crippen LogP contribution is -2.35. The summed E-state index contributed by atoms with van der Waals surface area (Å²) in [6.07, 6.45) is 1.92. The van der Waals surface area contributed by atoms with Crippen molar-refractivity contribution in [3.63, 3.8) is 0 Å². The van der Waals surface area contributed by atoms with Gasteiger partial charge in [-0.1, -0.05) is 13.3 Å². The van der Waals surface area contributed by atoms with Crippen LogP contribution in [0.3, 0.4) is 0 Å². The monoisotopic (exact) mass is 354 g/mol. The van der Waals surface area contributed by atoms with E-state index in [-0.39, 0.29) is 18.4 Å². The molecule has 0 aliphatic rings. The molecule has 1 heterocycles. The number of likely N-dealkylation sites (N-methyl/N-ethyl adjacent to an activating group) is 1. The quantitative estimate of drug-likeness (QED) is 0.728. The number of anilines is 1. The van der Waals surface area contributed by atoms with Crippen LogP contribution in [0, 0.1) is 13.8 Å². The minimum absolute atomic E-state index is 0.204. The third-order valence-electron chi connectivity index (χ3n) is 3.72. The van der Waals surface area contributed by atoms with Gasteiger partial charge in [0, 0.05) is 24.9 Å². The number of amides is 2. The molecule has 0 saturated carbocycles. The van der Waals surface area contributed by atoms with Gasteiger partial charge >= 0.3 is 5.97 Å².